The molecule has 26 heavy (non-hydrogen) atoms. The first-order chi connectivity index (χ1) is 11.9. The van der Waals surface area contributed by atoms with E-state index in [9.17, 15) is 21.6 Å². The highest BCUT2D eigenvalue weighted by Gasteiger charge is 2.50. The van der Waals surface area contributed by atoms with Gasteiger partial charge in [0, 0.05) is 32.7 Å². The molecule has 0 bridgehead atoms. The molecule has 2 N–H and O–H groups in total. The van der Waals surface area contributed by atoms with Crippen LogP contribution in [0.5, 0.6) is 0 Å². The van der Waals surface area contributed by atoms with Crippen LogP contribution in [0, 0.1) is 5.41 Å². The first-order valence-electron chi connectivity index (χ1n) is 8.90. The van der Waals surface area contributed by atoms with Gasteiger partial charge in [-0.1, -0.05) is 27.2 Å². The average molecular weight is 401 g/mol. The van der Waals surface area contributed by atoms with E-state index in [2.05, 4.69) is 36.4 Å². The van der Waals surface area contributed by atoms with Crippen molar-refractivity contribution in [2.24, 2.45) is 10.4 Å². The monoisotopic (exact) mass is 400 g/mol. The van der Waals surface area contributed by atoms with E-state index >= 15 is 0 Å². The van der Waals surface area contributed by atoms with Crippen LogP contribution in [0.4, 0.5) is 13.2 Å². The van der Waals surface area contributed by atoms with Crippen LogP contribution in [0.15, 0.2) is 4.99 Å². The predicted molar refractivity (Wildman–Crippen MR) is 97.4 cm³/mol. The highest BCUT2D eigenvalue weighted by molar-refractivity contribution is 7.90. The summed E-state index contributed by atoms with van der Waals surface area (Å²) in [5.41, 5.74) is -4.93. The van der Waals surface area contributed by atoms with E-state index < -0.39 is 15.5 Å². The Kier molecular flexibility index (Phi) is 8.19. The van der Waals surface area contributed by atoms with Gasteiger partial charge in [0.05, 0.1) is 0 Å². The summed E-state index contributed by atoms with van der Waals surface area (Å²) in [5, 5.41) is 6.36. The summed E-state index contributed by atoms with van der Waals surface area (Å²) in [5.74, 6) is 0.595. The van der Waals surface area contributed by atoms with Gasteiger partial charge in [0.15, 0.2) is 5.96 Å². The number of guanidine groups is 1. The molecule has 1 fully saturated rings. The first-order valence-corrected chi connectivity index (χ1v) is 10.3. The largest absolute Gasteiger partial charge is 0.511 e. The third kappa shape index (κ3) is 7.30. The Hall–Kier alpha value is -1.03. The topological polar surface area (TPSA) is 73.8 Å². The maximum atomic E-state index is 12.6. The Morgan fingerprint density at radius 2 is 1.73 bits per heavy atom. The van der Waals surface area contributed by atoms with E-state index in [4.69, 9.17) is 0 Å². The standard InChI is InChI=1S/C16H31F3N4O2S/c1-15(2,3)9-5-6-10-21-14(20-4)22-13-7-11-23(12-8-13)26(24,25)16(17,18)19/h13H,5-12H2,1-4H3,(H2,20,21,22). The molecule has 0 aromatic carbocycles. The van der Waals surface area contributed by atoms with Gasteiger partial charge in [-0.25, -0.2) is 8.42 Å². The van der Waals surface area contributed by atoms with Gasteiger partial charge in [0.2, 0.25) is 0 Å². The molecule has 0 unspecified atom stereocenters. The lowest BCUT2D eigenvalue weighted by Crippen LogP contribution is -2.51. The summed E-state index contributed by atoms with van der Waals surface area (Å²) in [6, 6.07) is -0.101. The van der Waals surface area contributed by atoms with Gasteiger partial charge in [0.1, 0.15) is 0 Å². The lowest BCUT2D eigenvalue weighted by atomic mass is 9.90. The fourth-order valence-corrected chi connectivity index (χ4v) is 3.75. The van der Waals surface area contributed by atoms with Crippen molar-refractivity contribution in [2.45, 2.75) is 64.4 Å². The van der Waals surface area contributed by atoms with Crippen LogP contribution < -0.4 is 10.6 Å². The summed E-state index contributed by atoms with van der Waals surface area (Å²) < 4.78 is 61.1. The van der Waals surface area contributed by atoms with E-state index in [0.29, 0.717) is 28.5 Å². The summed E-state index contributed by atoms with van der Waals surface area (Å²) in [6.45, 7) is 7.06. The normalized spacial score (nSPS) is 18.8. The summed E-state index contributed by atoms with van der Waals surface area (Å²) in [6.07, 6.45) is 3.84. The van der Waals surface area contributed by atoms with Gasteiger partial charge in [0.25, 0.3) is 0 Å². The van der Waals surface area contributed by atoms with E-state index in [1.54, 1.807) is 7.05 Å². The Bertz CT molecular complexity index is 563. The summed E-state index contributed by atoms with van der Waals surface area (Å²) in [4.78, 5) is 4.12. The molecule has 0 amide bonds. The molecule has 0 saturated carbocycles. The zero-order chi connectivity index (χ0) is 20.0. The third-order valence-corrected chi connectivity index (χ3v) is 5.93. The maximum Gasteiger partial charge on any atom is 0.511 e. The van der Waals surface area contributed by atoms with Gasteiger partial charge < -0.3 is 10.6 Å². The smallest absolute Gasteiger partial charge is 0.356 e. The van der Waals surface area contributed by atoms with Gasteiger partial charge in [-0.2, -0.15) is 17.5 Å². The zero-order valence-corrected chi connectivity index (χ0v) is 16.8. The predicted octanol–water partition coefficient (Wildman–Crippen LogP) is 2.68. The first kappa shape index (κ1) is 23.0. The molecule has 1 rings (SSSR count). The number of unbranched alkanes of at least 4 members (excludes halogenated alkanes) is 1. The van der Waals surface area contributed by atoms with Gasteiger partial charge >= 0.3 is 15.5 Å². The molecule has 6 nitrogen and oxygen atoms in total. The van der Waals surface area contributed by atoms with Crippen molar-refractivity contribution in [2.75, 3.05) is 26.7 Å². The Balaban J connectivity index is 2.37. The number of alkyl halides is 3. The molecule has 10 heteroatoms. The molecule has 1 aliphatic rings. The number of rotatable bonds is 6. The minimum atomic E-state index is -5.24. The molecule has 0 aromatic rings. The van der Waals surface area contributed by atoms with Crippen LogP contribution in [-0.4, -0.2) is 56.9 Å². The van der Waals surface area contributed by atoms with Crippen molar-refractivity contribution in [3.63, 3.8) is 0 Å². The van der Waals surface area contributed by atoms with Crippen molar-refractivity contribution in [1.29, 1.82) is 0 Å². The highest BCUT2D eigenvalue weighted by Crippen LogP contribution is 2.28. The van der Waals surface area contributed by atoms with E-state index in [-0.39, 0.29) is 19.1 Å². The van der Waals surface area contributed by atoms with Crippen LogP contribution in [-0.2, 0) is 10.0 Å². The van der Waals surface area contributed by atoms with Crippen LogP contribution in [0.1, 0.15) is 52.9 Å². The molecular formula is C16H31F3N4O2S. The number of hydrogen-bond acceptors (Lipinski definition) is 3. The Morgan fingerprint density at radius 1 is 1.15 bits per heavy atom. The lowest BCUT2D eigenvalue weighted by molar-refractivity contribution is -0.0494. The van der Waals surface area contributed by atoms with Crippen molar-refractivity contribution < 1.29 is 21.6 Å². The average Bonchev–Trinajstić information content (AvgIpc) is 2.51. The Labute approximate surface area is 154 Å². The van der Waals surface area contributed by atoms with Crippen molar-refractivity contribution in [3.05, 3.63) is 0 Å². The third-order valence-electron chi connectivity index (χ3n) is 4.30. The minimum Gasteiger partial charge on any atom is -0.356 e. The molecule has 1 saturated heterocycles. The van der Waals surface area contributed by atoms with Crippen molar-refractivity contribution in [3.8, 4) is 0 Å². The molecule has 0 atom stereocenters. The fraction of sp³-hybridized carbons (Fsp3) is 0.938. The summed E-state index contributed by atoms with van der Waals surface area (Å²) >= 11 is 0. The molecule has 0 spiro atoms. The number of nitrogens with one attached hydrogen (secondary N) is 2. The quantitative estimate of drug-likeness (QED) is 0.408. The minimum absolute atomic E-state index is 0.101. The zero-order valence-electron chi connectivity index (χ0n) is 16.0. The van der Waals surface area contributed by atoms with E-state index in [1.165, 1.54) is 0 Å². The summed E-state index contributed by atoms with van der Waals surface area (Å²) in [7, 11) is -3.60. The lowest BCUT2D eigenvalue weighted by Gasteiger charge is -2.32. The highest BCUT2D eigenvalue weighted by atomic mass is 32.2. The second kappa shape index (κ2) is 9.25. The molecule has 1 aliphatic heterocycles. The van der Waals surface area contributed by atoms with E-state index in [1.807, 2.05) is 0 Å². The fourth-order valence-electron chi connectivity index (χ4n) is 2.76. The van der Waals surface area contributed by atoms with Crippen LogP contribution in [0.3, 0.4) is 0 Å². The van der Waals surface area contributed by atoms with Crippen LogP contribution >= 0.6 is 0 Å². The van der Waals surface area contributed by atoms with Crippen molar-refractivity contribution in [1.82, 2.24) is 14.9 Å². The molecule has 0 radical (unpaired) electrons. The van der Waals surface area contributed by atoms with Gasteiger partial charge in [-0.3, -0.25) is 4.99 Å². The molecule has 0 aliphatic carbocycles. The second-order valence-corrected chi connectivity index (χ2v) is 9.71. The van der Waals surface area contributed by atoms with Crippen molar-refractivity contribution >= 4 is 16.0 Å². The number of hydrogen-bond donors (Lipinski definition) is 2. The number of nitrogens with zero attached hydrogens (tertiary/aromatic N) is 2. The number of piperidine rings is 1. The van der Waals surface area contributed by atoms with Gasteiger partial charge in [-0.05, 0) is 31.1 Å². The van der Waals surface area contributed by atoms with Crippen LogP contribution in [0.25, 0.3) is 0 Å². The number of aliphatic imine (C=N–C) groups is 1. The SMILES string of the molecule is CN=C(NCCCCC(C)(C)C)NC1CCN(S(=O)(=O)C(F)(F)F)CC1. The molecule has 0 aromatic heterocycles. The second-order valence-electron chi connectivity index (χ2n) is 7.79. The molecular weight excluding hydrogens is 369 g/mol. The Morgan fingerprint density at radius 3 is 2.19 bits per heavy atom. The maximum absolute atomic E-state index is 12.6. The van der Waals surface area contributed by atoms with Gasteiger partial charge in [-0.15, -0.1) is 0 Å². The molecule has 1 heterocycles. The number of halogens is 3. The molecule has 154 valence electrons. The van der Waals surface area contributed by atoms with Crippen LogP contribution in [0.2, 0.25) is 0 Å². The number of sulfonamides is 1. The van der Waals surface area contributed by atoms with E-state index in [0.717, 1.165) is 25.8 Å².